The van der Waals surface area contributed by atoms with Crippen LogP contribution < -0.4 is 15.4 Å². The van der Waals surface area contributed by atoms with Crippen LogP contribution in [0.25, 0.3) is 0 Å². The van der Waals surface area contributed by atoms with Crippen LogP contribution in [0.3, 0.4) is 0 Å². The fraction of sp³-hybridized carbons (Fsp3) is 0.278. The molecule has 0 fully saturated rings. The summed E-state index contributed by atoms with van der Waals surface area (Å²) in [6.45, 7) is 4.77. The number of ether oxygens (including phenoxy) is 1. The minimum atomic E-state index is -0.0944. The summed E-state index contributed by atoms with van der Waals surface area (Å²) in [5.74, 6) is 0.696. The molecule has 2 aromatic carbocycles. The van der Waals surface area contributed by atoms with Gasteiger partial charge in [-0.1, -0.05) is 23.7 Å². The maximum atomic E-state index is 12.0. The summed E-state index contributed by atoms with van der Waals surface area (Å²) in [6, 6.07) is 15.0. The topological polar surface area (TPSA) is 50.4 Å². The number of benzene rings is 2. The maximum Gasteiger partial charge on any atom is 0.238 e. The molecule has 0 aliphatic carbocycles. The van der Waals surface area contributed by atoms with E-state index in [0.29, 0.717) is 11.6 Å². The Morgan fingerprint density at radius 2 is 1.96 bits per heavy atom. The monoisotopic (exact) mass is 332 g/mol. The van der Waals surface area contributed by atoms with E-state index in [-0.39, 0.29) is 18.5 Å². The van der Waals surface area contributed by atoms with Crippen molar-refractivity contribution in [1.29, 1.82) is 0 Å². The molecule has 0 bridgehead atoms. The van der Waals surface area contributed by atoms with Gasteiger partial charge >= 0.3 is 0 Å². The first-order chi connectivity index (χ1) is 11.1. The molecule has 1 amide bonds. The molecule has 0 heterocycles. The van der Waals surface area contributed by atoms with E-state index in [9.17, 15) is 4.79 Å². The third-order valence-corrected chi connectivity index (χ3v) is 3.60. The Bertz CT molecular complexity index is 644. The fourth-order valence-electron chi connectivity index (χ4n) is 2.15. The van der Waals surface area contributed by atoms with E-state index in [1.807, 2.05) is 62.4 Å². The number of hydrogen-bond donors (Lipinski definition) is 2. The van der Waals surface area contributed by atoms with Crippen LogP contribution in [0, 0.1) is 0 Å². The molecule has 0 aliphatic heterocycles. The Hall–Kier alpha value is -2.04. The molecule has 0 aliphatic rings. The normalized spacial score (nSPS) is 11.8. The number of halogens is 1. The smallest absolute Gasteiger partial charge is 0.238 e. The first-order valence-electron chi connectivity index (χ1n) is 7.60. The van der Waals surface area contributed by atoms with Gasteiger partial charge in [-0.15, -0.1) is 0 Å². The van der Waals surface area contributed by atoms with Crippen molar-refractivity contribution in [3.8, 4) is 5.75 Å². The summed E-state index contributed by atoms with van der Waals surface area (Å²) in [7, 11) is 0. The van der Waals surface area contributed by atoms with E-state index in [0.717, 1.165) is 17.0 Å². The van der Waals surface area contributed by atoms with Gasteiger partial charge < -0.3 is 15.4 Å². The van der Waals surface area contributed by atoms with Crippen molar-refractivity contribution in [3.05, 3.63) is 59.1 Å². The first-order valence-corrected chi connectivity index (χ1v) is 7.98. The standard InChI is InChI=1S/C18H21ClN2O2/c1-3-23-17-9-7-16(8-10-17)21-18(22)12-20-13(2)14-5-4-6-15(19)11-14/h4-11,13,20H,3,12H2,1-2H3,(H,21,22)/t13-/m1/s1. The SMILES string of the molecule is CCOc1ccc(NC(=O)CN[C@H](C)c2cccc(Cl)c2)cc1. The predicted octanol–water partition coefficient (Wildman–Crippen LogP) is 4.03. The van der Waals surface area contributed by atoms with Gasteiger partial charge in [0, 0.05) is 16.8 Å². The summed E-state index contributed by atoms with van der Waals surface area (Å²) in [6.07, 6.45) is 0. The molecular formula is C18H21ClN2O2. The van der Waals surface area contributed by atoms with Gasteiger partial charge in [-0.25, -0.2) is 0 Å². The molecule has 0 spiro atoms. The second-order valence-electron chi connectivity index (χ2n) is 5.16. The van der Waals surface area contributed by atoms with Gasteiger partial charge in [-0.2, -0.15) is 0 Å². The first kappa shape index (κ1) is 17.3. The summed E-state index contributed by atoms with van der Waals surface area (Å²) in [5.41, 5.74) is 1.79. The molecule has 2 aromatic rings. The van der Waals surface area contributed by atoms with Crippen LogP contribution in [0.1, 0.15) is 25.5 Å². The number of rotatable bonds is 7. The third kappa shape index (κ3) is 5.58. The largest absolute Gasteiger partial charge is 0.494 e. The Labute approximate surface area is 141 Å². The molecule has 0 aromatic heterocycles. The molecule has 0 unspecified atom stereocenters. The van der Waals surface area contributed by atoms with E-state index in [4.69, 9.17) is 16.3 Å². The summed E-state index contributed by atoms with van der Waals surface area (Å²) < 4.78 is 5.37. The van der Waals surface area contributed by atoms with Crippen molar-refractivity contribution in [2.45, 2.75) is 19.9 Å². The average Bonchev–Trinajstić information content (AvgIpc) is 2.55. The van der Waals surface area contributed by atoms with Crippen molar-refractivity contribution in [3.63, 3.8) is 0 Å². The number of carbonyl (C=O) groups excluding carboxylic acids is 1. The van der Waals surface area contributed by atoms with Crippen molar-refractivity contribution < 1.29 is 9.53 Å². The number of nitrogens with one attached hydrogen (secondary N) is 2. The van der Waals surface area contributed by atoms with Crippen LogP contribution in [0.2, 0.25) is 5.02 Å². The van der Waals surface area contributed by atoms with E-state index in [1.54, 1.807) is 0 Å². The van der Waals surface area contributed by atoms with Gasteiger partial charge in [0.05, 0.1) is 13.2 Å². The van der Waals surface area contributed by atoms with Crippen LogP contribution >= 0.6 is 11.6 Å². The minimum Gasteiger partial charge on any atom is -0.494 e. The van der Waals surface area contributed by atoms with Crippen LogP contribution in [0.5, 0.6) is 5.75 Å². The molecule has 0 saturated heterocycles. The van der Waals surface area contributed by atoms with Crippen molar-refractivity contribution in [2.75, 3.05) is 18.5 Å². The number of anilines is 1. The molecule has 0 radical (unpaired) electrons. The third-order valence-electron chi connectivity index (χ3n) is 3.37. The lowest BCUT2D eigenvalue weighted by atomic mass is 10.1. The second kappa shape index (κ2) is 8.56. The van der Waals surface area contributed by atoms with E-state index in [1.165, 1.54) is 0 Å². The molecule has 5 heteroatoms. The zero-order chi connectivity index (χ0) is 16.7. The Kier molecular flexibility index (Phi) is 6.44. The van der Waals surface area contributed by atoms with Crippen molar-refractivity contribution in [1.82, 2.24) is 5.32 Å². The Balaban J connectivity index is 1.82. The lowest BCUT2D eigenvalue weighted by molar-refractivity contribution is -0.115. The molecule has 122 valence electrons. The van der Waals surface area contributed by atoms with Crippen LogP contribution in [-0.4, -0.2) is 19.1 Å². The summed E-state index contributed by atoms with van der Waals surface area (Å²) in [5, 5.41) is 6.72. The average molecular weight is 333 g/mol. The van der Waals surface area contributed by atoms with E-state index >= 15 is 0 Å². The number of carbonyl (C=O) groups is 1. The highest BCUT2D eigenvalue weighted by Gasteiger charge is 2.08. The van der Waals surface area contributed by atoms with Crippen molar-refractivity contribution in [2.24, 2.45) is 0 Å². The zero-order valence-corrected chi connectivity index (χ0v) is 14.1. The van der Waals surface area contributed by atoms with Gasteiger partial charge in [0.1, 0.15) is 5.75 Å². The highest BCUT2D eigenvalue weighted by molar-refractivity contribution is 6.30. The maximum absolute atomic E-state index is 12.0. The lowest BCUT2D eigenvalue weighted by Gasteiger charge is -2.14. The molecule has 2 N–H and O–H groups in total. The predicted molar refractivity (Wildman–Crippen MR) is 94.1 cm³/mol. The van der Waals surface area contributed by atoms with E-state index < -0.39 is 0 Å². The number of amides is 1. The van der Waals surface area contributed by atoms with Crippen LogP contribution in [-0.2, 0) is 4.79 Å². The Morgan fingerprint density at radius 3 is 2.61 bits per heavy atom. The second-order valence-corrected chi connectivity index (χ2v) is 5.60. The molecule has 23 heavy (non-hydrogen) atoms. The van der Waals surface area contributed by atoms with Gasteiger partial charge in [-0.05, 0) is 55.8 Å². The molecule has 1 atom stereocenters. The fourth-order valence-corrected chi connectivity index (χ4v) is 2.34. The van der Waals surface area contributed by atoms with Gasteiger partial charge in [0.15, 0.2) is 0 Å². The minimum absolute atomic E-state index is 0.0415. The van der Waals surface area contributed by atoms with Gasteiger partial charge in [0.25, 0.3) is 0 Å². The summed E-state index contributed by atoms with van der Waals surface area (Å²) >= 11 is 5.98. The van der Waals surface area contributed by atoms with Gasteiger partial charge in [-0.3, -0.25) is 4.79 Å². The van der Waals surface area contributed by atoms with E-state index in [2.05, 4.69) is 10.6 Å². The van der Waals surface area contributed by atoms with Crippen LogP contribution in [0.4, 0.5) is 5.69 Å². The highest BCUT2D eigenvalue weighted by atomic mass is 35.5. The quantitative estimate of drug-likeness (QED) is 0.805. The number of hydrogen-bond acceptors (Lipinski definition) is 3. The molecule has 2 rings (SSSR count). The molecular weight excluding hydrogens is 312 g/mol. The Morgan fingerprint density at radius 1 is 1.22 bits per heavy atom. The molecule has 4 nitrogen and oxygen atoms in total. The molecule has 0 saturated carbocycles. The highest BCUT2D eigenvalue weighted by Crippen LogP contribution is 2.17. The van der Waals surface area contributed by atoms with Crippen LogP contribution in [0.15, 0.2) is 48.5 Å². The van der Waals surface area contributed by atoms with Gasteiger partial charge in [0.2, 0.25) is 5.91 Å². The zero-order valence-electron chi connectivity index (χ0n) is 13.3. The lowest BCUT2D eigenvalue weighted by Crippen LogP contribution is -2.30. The van der Waals surface area contributed by atoms with Crippen molar-refractivity contribution >= 4 is 23.2 Å². The summed E-state index contributed by atoms with van der Waals surface area (Å²) in [4.78, 5) is 12.0.